The quantitative estimate of drug-likeness (QED) is 0.344. The van der Waals surface area contributed by atoms with Crippen molar-refractivity contribution in [2.45, 2.75) is 31.3 Å². The van der Waals surface area contributed by atoms with Crippen LogP contribution in [0.4, 0.5) is 11.4 Å². The van der Waals surface area contributed by atoms with E-state index in [1.54, 1.807) is 18.2 Å². The van der Waals surface area contributed by atoms with E-state index in [4.69, 9.17) is 5.73 Å². The van der Waals surface area contributed by atoms with Gasteiger partial charge < -0.3 is 16.2 Å². The van der Waals surface area contributed by atoms with E-state index in [2.05, 4.69) is 44.8 Å². The molecule has 8 nitrogen and oxygen atoms in total. The number of anilines is 2. The second-order valence-corrected chi connectivity index (χ2v) is 8.34. The predicted octanol–water partition coefficient (Wildman–Crippen LogP) is 2.75. The molecule has 4 rings (SSSR count). The van der Waals surface area contributed by atoms with Crippen molar-refractivity contribution in [2.75, 3.05) is 30.7 Å². The van der Waals surface area contributed by atoms with Gasteiger partial charge >= 0.3 is 0 Å². The maximum Gasteiger partial charge on any atom is 0.248 e. The fourth-order valence-corrected chi connectivity index (χ4v) is 4.24. The highest BCUT2D eigenvalue weighted by atomic mass is 16.3. The number of aromatic nitrogens is 3. The molecule has 1 aliphatic rings. The van der Waals surface area contributed by atoms with Gasteiger partial charge in [-0.05, 0) is 49.6 Å². The number of para-hydroxylation sites is 2. The summed E-state index contributed by atoms with van der Waals surface area (Å²) in [5, 5.41) is 21.0. The van der Waals surface area contributed by atoms with Gasteiger partial charge in [-0.3, -0.25) is 9.69 Å². The van der Waals surface area contributed by atoms with Crippen LogP contribution in [-0.4, -0.2) is 56.6 Å². The number of nitrogen functional groups attached to an aromatic ring is 1. The minimum absolute atomic E-state index is 0.121. The van der Waals surface area contributed by atoms with Crippen molar-refractivity contribution in [1.29, 1.82) is 0 Å². The summed E-state index contributed by atoms with van der Waals surface area (Å²) >= 11 is 0. The van der Waals surface area contributed by atoms with Crippen LogP contribution in [-0.2, 0) is 11.2 Å². The van der Waals surface area contributed by atoms with Crippen LogP contribution in [0.25, 0.3) is 6.08 Å². The highest BCUT2D eigenvalue weighted by Gasteiger charge is 2.32. The molecule has 0 radical (unpaired) electrons. The fraction of sp³-hybridized carbons (Fsp3) is 0.320. The molecule has 0 unspecified atom stereocenters. The van der Waals surface area contributed by atoms with Gasteiger partial charge in [0.05, 0.1) is 30.2 Å². The predicted molar refractivity (Wildman–Crippen MR) is 129 cm³/mol. The first-order chi connectivity index (χ1) is 16.1. The van der Waals surface area contributed by atoms with Crippen molar-refractivity contribution >= 4 is 23.4 Å². The molecule has 2 aromatic carbocycles. The van der Waals surface area contributed by atoms with Crippen LogP contribution in [0.15, 0.2) is 66.9 Å². The third-order valence-electron chi connectivity index (χ3n) is 6.00. The van der Waals surface area contributed by atoms with E-state index in [-0.39, 0.29) is 24.6 Å². The Morgan fingerprint density at radius 3 is 2.76 bits per heavy atom. The minimum Gasteiger partial charge on any atom is -0.397 e. The Morgan fingerprint density at radius 2 is 1.97 bits per heavy atom. The third kappa shape index (κ3) is 6.06. The number of carbonyl (C=O) groups excluding carboxylic acids is 1. The zero-order valence-corrected chi connectivity index (χ0v) is 18.5. The lowest BCUT2D eigenvalue weighted by Gasteiger charge is -2.22. The number of carbonyl (C=O) groups is 1. The number of hydrogen-bond donors (Lipinski definition) is 3. The smallest absolute Gasteiger partial charge is 0.248 e. The second-order valence-electron chi connectivity index (χ2n) is 8.34. The first kappa shape index (κ1) is 22.7. The maximum absolute atomic E-state index is 12.2. The normalized spacial score (nSPS) is 18.7. The Bertz CT molecular complexity index is 1080. The van der Waals surface area contributed by atoms with Crippen molar-refractivity contribution in [3.8, 4) is 0 Å². The van der Waals surface area contributed by atoms with Gasteiger partial charge in [-0.15, -0.1) is 5.10 Å². The van der Waals surface area contributed by atoms with Gasteiger partial charge in [0.1, 0.15) is 5.69 Å². The fourth-order valence-electron chi connectivity index (χ4n) is 4.24. The Labute approximate surface area is 193 Å². The molecule has 1 aromatic heterocycles. The molecule has 0 aliphatic carbocycles. The number of aryl methyl sites for hydroxylation is 1. The van der Waals surface area contributed by atoms with Gasteiger partial charge in [-0.2, -0.15) is 0 Å². The minimum atomic E-state index is -0.284. The highest BCUT2D eigenvalue weighted by molar-refractivity contribution is 6.03. The summed E-state index contributed by atoms with van der Waals surface area (Å²) in [5.74, 6) is -0.284. The summed E-state index contributed by atoms with van der Waals surface area (Å²) in [7, 11) is 0. The zero-order chi connectivity index (χ0) is 23.0. The van der Waals surface area contributed by atoms with Crippen LogP contribution >= 0.6 is 0 Å². The Balaban J connectivity index is 1.30. The van der Waals surface area contributed by atoms with Gasteiger partial charge in [0.15, 0.2) is 0 Å². The maximum atomic E-state index is 12.2. The van der Waals surface area contributed by atoms with Crippen LogP contribution in [0.1, 0.15) is 30.1 Å². The lowest BCUT2D eigenvalue weighted by molar-refractivity contribution is -0.111. The van der Waals surface area contributed by atoms with Crippen LogP contribution in [0.3, 0.4) is 0 Å². The summed E-state index contributed by atoms with van der Waals surface area (Å²) in [6.45, 7) is 1.88. The third-order valence-corrected chi connectivity index (χ3v) is 6.00. The Hall–Kier alpha value is -3.49. The number of nitrogens with zero attached hydrogens (tertiary/aromatic N) is 4. The molecule has 0 bridgehead atoms. The highest BCUT2D eigenvalue weighted by Crippen LogP contribution is 2.27. The van der Waals surface area contributed by atoms with Crippen LogP contribution in [0.5, 0.6) is 0 Å². The van der Waals surface area contributed by atoms with E-state index < -0.39 is 0 Å². The average molecular weight is 447 g/mol. The number of likely N-dealkylation sites (tertiary alicyclic amines) is 1. The first-order valence-corrected chi connectivity index (χ1v) is 11.3. The topological polar surface area (TPSA) is 109 Å². The molecule has 1 amide bonds. The molecular formula is C25H30N6O2. The standard InChI is InChI=1S/C25H30N6O2/c26-23-10-4-5-11-24(23)27-25(33)13-12-20-16-31(29-28-20)21-15-22(18-32)30(17-21)14-6-9-19-7-2-1-3-8-19/h1-5,7-8,10-13,16,21-22,32H,6,9,14-15,17-18,26H2,(H,27,33)/b13-12+/t21-,22+/m0/s1. The number of aliphatic hydroxyl groups is 1. The SMILES string of the molecule is Nc1ccccc1NC(=O)/C=C/c1cn([C@H]2C[C@H](CO)N(CCCc3ccccc3)C2)nn1. The van der Waals surface area contributed by atoms with E-state index in [1.165, 1.54) is 11.6 Å². The Morgan fingerprint density at radius 1 is 1.18 bits per heavy atom. The summed E-state index contributed by atoms with van der Waals surface area (Å²) in [4.78, 5) is 14.5. The molecule has 1 fully saturated rings. The number of aliphatic hydroxyl groups excluding tert-OH is 1. The molecule has 8 heteroatoms. The summed E-state index contributed by atoms with van der Waals surface area (Å²) < 4.78 is 1.84. The van der Waals surface area contributed by atoms with Gasteiger partial charge in [-0.1, -0.05) is 47.7 Å². The van der Waals surface area contributed by atoms with Gasteiger partial charge in [0, 0.05) is 18.7 Å². The van der Waals surface area contributed by atoms with Crippen LogP contribution < -0.4 is 11.1 Å². The molecule has 0 saturated carbocycles. The molecule has 1 saturated heterocycles. The van der Waals surface area contributed by atoms with Gasteiger partial charge in [0.2, 0.25) is 5.91 Å². The van der Waals surface area contributed by atoms with E-state index in [1.807, 2.05) is 29.1 Å². The van der Waals surface area contributed by atoms with E-state index in [0.29, 0.717) is 17.1 Å². The average Bonchev–Trinajstić information content (AvgIpc) is 3.47. The lowest BCUT2D eigenvalue weighted by Crippen LogP contribution is -2.33. The van der Waals surface area contributed by atoms with Crippen molar-refractivity contribution in [3.63, 3.8) is 0 Å². The monoisotopic (exact) mass is 446 g/mol. The summed E-state index contributed by atoms with van der Waals surface area (Å²) in [6, 6.07) is 17.8. The molecule has 2 heterocycles. The van der Waals surface area contributed by atoms with Crippen LogP contribution in [0.2, 0.25) is 0 Å². The number of benzene rings is 2. The molecule has 0 spiro atoms. The van der Waals surface area contributed by atoms with E-state index >= 15 is 0 Å². The molecule has 1 aliphatic heterocycles. The number of rotatable bonds is 9. The van der Waals surface area contributed by atoms with Gasteiger partial charge in [0.25, 0.3) is 0 Å². The molecule has 172 valence electrons. The van der Waals surface area contributed by atoms with Crippen molar-refractivity contribution < 1.29 is 9.90 Å². The lowest BCUT2D eigenvalue weighted by atomic mass is 10.1. The van der Waals surface area contributed by atoms with Gasteiger partial charge in [-0.25, -0.2) is 4.68 Å². The molecule has 4 N–H and O–H groups in total. The van der Waals surface area contributed by atoms with Crippen LogP contribution in [0, 0.1) is 0 Å². The largest absolute Gasteiger partial charge is 0.397 e. The first-order valence-electron chi connectivity index (χ1n) is 11.3. The summed E-state index contributed by atoms with van der Waals surface area (Å²) in [6.07, 6.45) is 7.78. The van der Waals surface area contributed by atoms with Crippen molar-refractivity contribution in [3.05, 3.63) is 78.1 Å². The number of nitrogens with one attached hydrogen (secondary N) is 1. The molecule has 2 atom stereocenters. The molecule has 3 aromatic rings. The van der Waals surface area contributed by atoms with E-state index in [9.17, 15) is 9.90 Å². The Kier molecular flexibility index (Phi) is 7.49. The summed E-state index contributed by atoms with van der Waals surface area (Å²) in [5.41, 5.74) is 8.88. The van der Waals surface area contributed by atoms with Crippen molar-refractivity contribution in [2.24, 2.45) is 0 Å². The zero-order valence-electron chi connectivity index (χ0n) is 18.5. The number of amides is 1. The number of hydrogen-bond acceptors (Lipinski definition) is 6. The van der Waals surface area contributed by atoms with E-state index in [0.717, 1.165) is 32.4 Å². The molecular weight excluding hydrogens is 416 g/mol. The second kappa shape index (κ2) is 10.9. The van der Waals surface area contributed by atoms with Crippen molar-refractivity contribution in [1.82, 2.24) is 19.9 Å². The number of nitrogens with two attached hydrogens (primary N) is 1. The molecule has 33 heavy (non-hydrogen) atoms.